The molecule has 1 heterocycles. The first-order valence-electron chi connectivity index (χ1n) is 8.02. The number of hydrogen-bond donors (Lipinski definition) is 2. The Morgan fingerprint density at radius 2 is 1.78 bits per heavy atom. The second-order valence-electron chi connectivity index (χ2n) is 5.66. The van der Waals surface area contributed by atoms with Crippen molar-refractivity contribution in [2.45, 2.75) is 13.1 Å². The highest BCUT2D eigenvalue weighted by Gasteiger charge is 2.33. The van der Waals surface area contributed by atoms with Crippen LogP contribution in [0.2, 0.25) is 0 Å². The number of hydrazone groups is 1. The Balaban J connectivity index is 1.68. The number of ether oxygens (including phenoxy) is 2. The van der Waals surface area contributed by atoms with Crippen LogP contribution >= 0.6 is 12.2 Å². The minimum Gasteiger partial charge on any atom is -0.486 e. The fourth-order valence-electron chi connectivity index (χ4n) is 2.46. The van der Waals surface area contributed by atoms with E-state index in [0.29, 0.717) is 30.4 Å². The number of thiocarbonyl (C=S) groups is 1. The summed E-state index contributed by atoms with van der Waals surface area (Å²) in [5, 5.41) is 6.59. The van der Waals surface area contributed by atoms with Crippen molar-refractivity contribution >= 4 is 28.7 Å². The number of hydrogen-bond acceptors (Lipinski definition) is 4. The quantitative estimate of drug-likeness (QED) is 0.464. The lowest BCUT2D eigenvalue weighted by Crippen LogP contribution is -2.26. The third kappa shape index (κ3) is 4.68. The van der Waals surface area contributed by atoms with Gasteiger partial charge in [-0.25, -0.2) is 0 Å². The molecule has 0 saturated heterocycles. The van der Waals surface area contributed by atoms with Gasteiger partial charge in [-0.2, -0.15) is 18.3 Å². The molecule has 5 nitrogen and oxygen atoms in total. The van der Waals surface area contributed by atoms with E-state index in [1.165, 1.54) is 18.2 Å². The maximum atomic E-state index is 13.0. The van der Waals surface area contributed by atoms with Gasteiger partial charge in [-0.05, 0) is 49.5 Å². The standard InChI is InChI=1S/C18H16F3N3O2S/c1-11(12-6-7-15-16(10-12)26-9-8-25-15)23-24-17(27)22-14-5-3-2-4-13(14)18(19,20)21/h2-7,10H,8-9H2,1H3,(H2,22,24,27)/b23-11+. The van der Waals surface area contributed by atoms with E-state index in [2.05, 4.69) is 15.8 Å². The second kappa shape index (κ2) is 7.83. The molecule has 0 aliphatic carbocycles. The van der Waals surface area contributed by atoms with Crippen LogP contribution in [-0.2, 0) is 6.18 Å². The molecule has 9 heteroatoms. The van der Waals surface area contributed by atoms with Crippen LogP contribution in [0.25, 0.3) is 0 Å². The van der Waals surface area contributed by atoms with Crippen molar-refractivity contribution in [1.82, 2.24) is 5.43 Å². The van der Waals surface area contributed by atoms with Crippen molar-refractivity contribution < 1.29 is 22.6 Å². The predicted octanol–water partition coefficient (Wildman–Crippen LogP) is 4.19. The molecule has 2 aromatic carbocycles. The topological polar surface area (TPSA) is 54.9 Å². The number of nitrogens with one attached hydrogen (secondary N) is 2. The van der Waals surface area contributed by atoms with E-state index in [-0.39, 0.29) is 10.8 Å². The Morgan fingerprint density at radius 3 is 2.52 bits per heavy atom. The fraction of sp³-hybridized carbons (Fsp3) is 0.222. The predicted molar refractivity (Wildman–Crippen MR) is 100 cm³/mol. The Morgan fingerprint density at radius 1 is 1.07 bits per heavy atom. The second-order valence-corrected chi connectivity index (χ2v) is 6.07. The lowest BCUT2D eigenvalue weighted by Gasteiger charge is -2.18. The number of anilines is 1. The number of halogens is 3. The summed E-state index contributed by atoms with van der Waals surface area (Å²) in [7, 11) is 0. The Labute approximate surface area is 159 Å². The monoisotopic (exact) mass is 395 g/mol. The zero-order valence-corrected chi connectivity index (χ0v) is 15.1. The van der Waals surface area contributed by atoms with Gasteiger partial charge < -0.3 is 14.8 Å². The molecule has 142 valence electrons. The van der Waals surface area contributed by atoms with E-state index >= 15 is 0 Å². The van der Waals surface area contributed by atoms with Gasteiger partial charge in [0.25, 0.3) is 0 Å². The van der Waals surface area contributed by atoms with Crippen LogP contribution in [0.3, 0.4) is 0 Å². The summed E-state index contributed by atoms with van der Waals surface area (Å²) < 4.78 is 50.0. The maximum Gasteiger partial charge on any atom is 0.418 e. The highest BCUT2D eigenvalue weighted by Crippen LogP contribution is 2.34. The first-order valence-corrected chi connectivity index (χ1v) is 8.43. The number of rotatable bonds is 3. The molecule has 0 spiro atoms. The molecule has 0 saturated carbocycles. The van der Waals surface area contributed by atoms with Crippen LogP contribution in [-0.4, -0.2) is 24.0 Å². The summed E-state index contributed by atoms with van der Waals surface area (Å²) in [5.74, 6) is 1.28. The molecule has 0 bridgehead atoms. The molecule has 27 heavy (non-hydrogen) atoms. The molecule has 0 unspecified atom stereocenters. The highest BCUT2D eigenvalue weighted by molar-refractivity contribution is 7.80. The number of para-hydroxylation sites is 1. The third-order valence-corrected chi connectivity index (χ3v) is 3.96. The molecule has 1 aliphatic rings. The van der Waals surface area contributed by atoms with Gasteiger partial charge in [-0.15, -0.1) is 0 Å². The minimum absolute atomic E-state index is 0.0522. The van der Waals surface area contributed by atoms with Gasteiger partial charge in [0.2, 0.25) is 0 Å². The van der Waals surface area contributed by atoms with E-state index in [4.69, 9.17) is 21.7 Å². The van der Waals surface area contributed by atoms with Crippen molar-refractivity contribution in [2.24, 2.45) is 5.10 Å². The Hall–Kier alpha value is -2.81. The molecule has 0 atom stereocenters. The molecule has 0 fully saturated rings. The van der Waals surface area contributed by atoms with Crippen LogP contribution in [0.5, 0.6) is 11.5 Å². The molecule has 2 N–H and O–H groups in total. The molecule has 0 radical (unpaired) electrons. The molecule has 3 rings (SSSR count). The third-order valence-electron chi connectivity index (χ3n) is 3.77. The van der Waals surface area contributed by atoms with Crippen molar-refractivity contribution in [2.75, 3.05) is 18.5 Å². The van der Waals surface area contributed by atoms with Crippen LogP contribution in [0.4, 0.5) is 18.9 Å². The van der Waals surface area contributed by atoms with Crippen molar-refractivity contribution in [3.05, 3.63) is 53.6 Å². The number of nitrogens with zero attached hydrogens (tertiary/aromatic N) is 1. The smallest absolute Gasteiger partial charge is 0.418 e. The van der Waals surface area contributed by atoms with Crippen LogP contribution < -0.4 is 20.2 Å². The largest absolute Gasteiger partial charge is 0.486 e. The van der Waals surface area contributed by atoms with Gasteiger partial charge in [0.1, 0.15) is 13.2 Å². The summed E-state index contributed by atoms with van der Waals surface area (Å²) >= 11 is 5.04. The van der Waals surface area contributed by atoms with Gasteiger partial charge >= 0.3 is 6.18 Å². The Kier molecular flexibility index (Phi) is 5.50. The normalized spacial score (nSPS) is 13.9. The van der Waals surface area contributed by atoms with Gasteiger partial charge in [-0.1, -0.05) is 12.1 Å². The van der Waals surface area contributed by atoms with E-state index in [0.717, 1.165) is 11.6 Å². The van der Waals surface area contributed by atoms with E-state index in [9.17, 15) is 13.2 Å². The van der Waals surface area contributed by atoms with Crippen molar-refractivity contribution in [3.63, 3.8) is 0 Å². The summed E-state index contributed by atoms with van der Waals surface area (Å²) in [5.41, 5.74) is 2.96. The van der Waals surface area contributed by atoms with Gasteiger partial charge in [0.05, 0.1) is 17.0 Å². The zero-order valence-electron chi connectivity index (χ0n) is 14.3. The molecular weight excluding hydrogens is 379 g/mol. The maximum absolute atomic E-state index is 13.0. The van der Waals surface area contributed by atoms with Crippen molar-refractivity contribution in [3.8, 4) is 11.5 Å². The minimum atomic E-state index is -4.48. The first-order chi connectivity index (χ1) is 12.8. The van der Waals surface area contributed by atoms with Gasteiger partial charge in [-0.3, -0.25) is 5.43 Å². The van der Waals surface area contributed by atoms with Crippen LogP contribution in [0, 0.1) is 0 Å². The first kappa shape index (κ1) is 19.0. The summed E-state index contributed by atoms with van der Waals surface area (Å²) in [6, 6.07) is 10.5. The summed E-state index contributed by atoms with van der Waals surface area (Å²) in [6.45, 7) is 2.71. The average molecular weight is 395 g/mol. The lowest BCUT2D eigenvalue weighted by molar-refractivity contribution is -0.136. The average Bonchev–Trinajstić information content (AvgIpc) is 2.65. The molecular formula is C18H16F3N3O2S. The molecule has 0 aromatic heterocycles. The number of benzene rings is 2. The number of fused-ring (bicyclic) bond motifs is 1. The summed E-state index contributed by atoms with van der Waals surface area (Å²) in [6.07, 6.45) is -4.48. The van der Waals surface area contributed by atoms with E-state index in [1.54, 1.807) is 19.1 Å². The molecule has 2 aromatic rings. The lowest BCUT2D eigenvalue weighted by atomic mass is 10.1. The van der Waals surface area contributed by atoms with Gasteiger partial charge in [0, 0.05) is 5.56 Å². The molecule has 1 aliphatic heterocycles. The number of alkyl halides is 3. The van der Waals surface area contributed by atoms with Crippen molar-refractivity contribution in [1.29, 1.82) is 0 Å². The van der Waals surface area contributed by atoms with E-state index < -0.39 is 11.7 Å². The zero-order chi connectivity index (χ0) is 19.4. The van der Waals surface area contributed by atoms with Gasteiger partial charge in [0.15, 0.2) is 16.6 Å². The molecule has 0 amide bonds. The summed E-state index contributed by atoms with van der Waals surface area (Å²) in [4.78, 5) is 0. The SMILES string of the molecule is C/C(=N\NC(=S)Nc1ccccc1C(F)(F)F)c1ccc2c(c1)OCCO2. The van der Waals surface area contributed by atoms with Crippen LogP contribution in [0.1, 0.15) is 18.1 Å². The fourth-order valence-corrected chi connectivity index (χ4v) is 2.61. The highest BCUT2D eigenvalue weighted by atomic mass is 32.1. The Bertz CT molecular complexity index is 884. The van der Waals surface area contributed by atoms with Crippen LogP contribution in [0.15, 0.2) is 47.6 Å². The van der Waals surface area contributed by atoms with E-state index in [1.807, 2.05) is 6.07 Å².